The van der Waals surface area contributed by atoms with E-state index in [1.165, 1.54) is 0 Å². The third-order valence-electron chi connectivity index (χ3n) is 3.65. The Hall–Kier alpha value is -1.51. The SMILES string of the molecule is CCOC(=O)N1CCN(C(=O)NC2CCS(=O)(=O)C2)CC1. The Morgan fingerprint density at radius 3 is 2.33 bits per heavy atom. The van der Waals surface area contributed by atoms with Crippen LogP contribution in [0.4, 0.5) is 9.59 Å². The average Bonchev–Trinajstić information content (AvgIpc) is 2.78. The van der Waals surface area contributed by atoms with Gasteiger partial charge in [0.1, 0.15) is 0 Å². The summed E-state index contributed by atoms with van der Waals surface area (Å²) < 4.78 is 27.6. The number of nitrogens with one attached hydrogen (secondary N) is 1. The standard InChI is InChI=1S/C12H21N3O5S/c1-2-20-12(17)15-6-4-14(5-7-15)11(16)13-10-3-8-21(18,19)9-10/h10H,2-9H2,1H3,(H,13,16). The van der Waals surface area contributed by atoms with Crippen molar-refractivity contribution in [2.24, 2.45) is 0 Å². The summed E-state index contributed by atoms with van der Waals surface area (Å²) in [6.45, 7) is 3.77. The Balaban J connectivity index is 1.77. The molecule has 0 aromatic rings. The van der Waals surface area contributed by atoms with E-state index < -0.39 is 9.84 Å². The highest BCUT2D eigenvalue weighted by atomic mass is 32.2. The normalized spacial score (nSPS) is 24.7. The van der Waals surface area contributed by atoms with Gasteiger partial charge in [-0.2, -0.15) is 0 Å². The van der Waals surface area contributed by atoms with Crippen molar-refractivity contribution in [2.75, 3.05) is 44.3 Å². The Labute approximate surface area is 124 Å². The molecule has 9 heteroatoms. The largest absolute Gasteiger partial charge is 0.450 e. The first-order valence-electron chi connectivity index (χ1n) is 7.09. The van der Waals surface area contributed by atoms with E-state index in [0.717, 1.165) is 0 Å². The molecule has 1 N–H and O–H groups in total. The third-order valence-corrected chi connectivity index (χ3v) is 5.42. The molecule has 2 aliphatic rings. The molecule has 120 valence electrons. The van der Waals surface area contributed by atoms with E-state index in [1.54, 1.807) is 16.7 Å². The van der Waals surface area contributed by atoms with Crippen molar-refractivity contribution in [3.8, 4) is 0 Å². The van der Waals surface area contributed by atoms with E-state index >= 15 is 0 Å². The molecule has 2 aliphatic heterocycles. The molecule has 1 unspecified atom stereocenters. The number of rotatable bonds is 2. The van der Waals surface area contributed by atoms with Crippen molar-refractivity contribution < 1.29 is 22.7 Å². The fourth-order valence-corrected chi connectivity index (χ4v) is 4.15. The molecule has 1 atom stereocenters. The number of piperazine rings is 1. The number of hydrogen-bond donors (Lipinski definition) is 1. The second kappa shape index (κ2) is 6.50. The lowest BCUT2D eigenvalue weighted by atomic mass is 10.2. The van der Waals surface area contributed by atoms with Crippen molar-refractivity contribution in [1.29, 1.82) is 0 Å². The Morgan fingerprint density at radius 1 is 1.19 bits per heavy atom. The van der Waals surface area contributed by atoms with Crippen LogP contribution in [0.1, 0.15) is 13.3 Å². The topological polar surface area (TPSA) is 96.0 Å². The minimum atomic E-state index is -3.00. The lowest BCUT2D eigenvalue weighted by molar-refractivity contribution is 0.0849. The van der Waals surface area contributed by atoms with Crippen LogP contribution < -0.4 is 5.32 Å². The van der Waals surface area contributed by atoms with Gasteiger partial charge in [-0.1, -0.05) is 0 Å². The summed E-state index contributed by atoms with van der Waals surface area (Å²) >= 11 is 0. The van der Waals surface area contributed by atoms with E-state index in [9.17, 15) is 18.0 Å². The number of sulfone groups is 1. The molecule has 2 heterocycles. The second-order valence-corrected chi connectivity index (χ2v) is 7.45. The molecule has 21 heavy (non-hydrogen) atoms. The highest BCUT2D eigenvalue weighted by Gasteiger charge is 2.31. The molecule has 0 aliphatic carbocycles. The van der Waals surface area contributed by atoms with E-state index in [0.29, 0.717) is 39.2 Å². The summed E-state index contributed by atoms with van der Waals surface area (Å²) in [4.78, 5) is 26.8. The van der Waals surface area contributed by atoms with Gasteiger partial charge >= 0.3 is 12.1 Å². The van der Waals surface area contributed by atoms with Gasteiger partial charge in [0.25, 0.3) is 0 Å². The minimum absolute atomic E-state index is 0.0154. The highest BCUT2D eigenvalue weighted by Crippen LogP contribution is 2.12. The van der Waals surface area contributed by atoms with Crippen LogP contribution in [-0.2, 0) is 14.6 Å². The molecule has 0 saturated carbocycles. The lowest BCUT2D eigenvalue weighted by Crippen LogP contribution is -2.54. The van der Waals surface area contributed by atoms with Gasteiger partial charge < -0.3 is 19.9 Å². The first-order valence-corrected chi connectivity index (χ1v) is 8.91. The van der Waals surface area contributed by atoms with Crippen molar-refractivity contribution in [1.82, 2.24) is 15.1 Å². The van der Waals surface area contributed by atoms with Gasteiger partial charge in [-0.25, -0.2) is 18.0 Å². The number of carbonyl (C=O) groups excluding carboxylic acids is 2. The summed E-state index contributed by atoms with van der Waals surface area (Å²) in [6.07, 6.45) is 0.107. The van der Waals surface area contributed by atoms with Crippen LogP contribution >= 0.6 is 0 Å². The van der Waals surface area contributed by atoms with Gasteiger partial charge in [0.15, 0.2) is 9.84 Å². The zero-order valence-corrected chi connectivity index (χ0v) is 12.9. The van der Waals surface area contributed by atoms with Crippen LogP contribution in [0.25, 0.3) is 0 Å². The van der Waals surface area contributed by atoms with Crippen molar-refractivity contribution in [3.63, 3.8) is 0 Å². The smallest absolute Gasteiger partial charge is 0.409 e. The predicted octanol–water partition coefficient (Wildman–Crippen LogP) is -0.343. The number of amides is 3. The van der Waals surface area contributed by atoms with Crippen molar-refractivity contribution in [3.05, 3.63) is 0 Å². The summed E-state index contributed by atoms with van der Waals surface area (Å²) in [6, 6.07) is -0.564. The first-order chi connectivity index (χ1) is 9.91. The maximum Gasteiger partial charge on any atom is 0.409 e. The van der Waals surface area contributed by atoms with Crippen LogP contribution in [0.5, 0.6) is 0 Å². The fraction of sp³-hybridized carbons (Fsp3) is 0.833. The fourth-order valence-electron chi connectivity index (χ4n) is 2.48. The van der Waals surface area contributed by atoms with Gasteiger partial charge in [0.05, 0.1) is 18.1 Å². The highest BCUT2D eigenvalue weighted by molar-refractivity contribution is 7.91. The summed E-state index contributed by atoms with van der Waals surface area (Å²) in [7, 11) is -3.00. The van der Waals surface area contributed by atoms with E-state index in [2.05, 4.69) is 5.32 Å². The Morgan fingerprint density at radius 2 is 1.81 bits per heavy atom. The minimum Gasteiger partial charge on any atom is -0.450 e. The zero-order chi connectivity index (χ0) is 15.5. The number of nitrogens with zero attached hydrogens (tertiary/aromatic N) is 2. The molecule has 0 bridgehead atoms. The molecule has 3 amide bonds. The van der Waals surface area contributed by atoms with Gasteiger partial charge in [0.2, 0.25) is 0 Å². The number of ether oxygens (including phenoxy) is 1. The van der Waals surface area contributed by atoms with E-state index in [-0.39, 0.29) is 29.7 Å². The van der Waals surface area contributed by atoms with Gasteiger partial charge in [-0.05, 0) is 13.3 Å². The monoisotopic (exact) mass is 319 g/mol. The molecule has 2 saturated heterocycles. The van der Waals surface area contributed by atoms with Crippen LogP contribution in [0, 0.1) is 0 Å². The Kier molecular flexibility index (Phi) is 4.92. The zero-order valence-electron chi connectivity index (χ0n) is 12.1. The third kappa shape index (κ3) is 4.23. The number of urea groups is 1. The molecular formula is C12H21N3O5S. The van der Waals surface area contributed by atoms with E-state index in [4.69, 9.17) is 4.74 Å². The molecular weight excluding hydrogens is 298 g/mol. The molecule has 8 nitrogen and oxygen atoms in total. The maximum atomic E-state index is 12.1. The Bertz CT molecular complexity index is 499. The predicted molar refractivity (Wildman–Crippen MR) is 75.8 cm³/mol. The summed E-state index contributed by atoms with van der Waals surface area (Å²) in [5.74, 6) is 0.149. The van der Waals surface area contributed by atoms with Crippen LogP contribution in [-0.4, -0.2) is 80.7 Å². The van der Waals surface area contributed by atoms with Crippen LogP contribution in [0.15, 0.2) is 0 Å². The summed E-state index contributed by atoms with van der Waals surface area (Å²) in [5, 5.41) is 2.75. The van der Waals surface area contributed by atoms with Gasteiger partial charge in [-0.3, -0.25) is 0 Å². The average molecular weight is 319 g/mol. The van der Waals surface area contributed by atoms with Gasteiger partial charge in [-0.15, -0.1) is 0 Å². The quantitative estimate of drug-likeness (QED) is 0.751. The lowest BCUT2D eigenvalue weighted by Gasteiger charge is -2.34. The molecule has 0 aromatic heterocycles. The molecule has 2 rings (SSSR count). The molecule has 2 fully saturated rings. The van der Waals surface area contributed by atoms with E-state index in [1.807, 2.05) is 0 Å². The van der Waals surface area contributed by atoms with Crippen molar-refractivity contribution in [2.45, 2.75) is 19.4 Å². The van der Waals surface area contributed by atoms with Crippen molar-refractivity contribution >= 4 is 22.0 Å². The maximum absolute atomic E-state index is 12.1. The molecule has 0 radical (unpaired) electrons. The van der Waals surface area contributed by atoms with Crippen LogP contribution in [0.3, 0.4) is 0 Å². The molecule has 0 spiro atoms. The summed E-state index contributed by atoms with van der Waals surface area (Å²) in [5.41, 5.74) is 0. The number of hydrogen-bond acceptors (Lipinski definition) is 5. The molecule has 0 aromatic carbocycles. The number of carbonyl (C=O) groups is 2. The van der Waals surface area contributed by atoms with Crippen LogP contribution in [0.2, 0.25) is 0 Å². The van der Waals surface area contributed by atoms with Gasteiger partial charge in [0, 0.05) is 32.2 Å². The second-order valence-electron chi connectivity index (χ2n) is 5.22. The first kappa shape index (κ1) is 15.9.